The van der Waals surface area contributed by atoms with Crippen LogP contribution in [-0.4, -0.2) is 16.3 Å². The number of ether oxygens (including phenoxy) is 1. The molecule has 1 N–H and O–H groups in total. The highest BCUT2D eigenvalue weighted by atomic mass is 16.5. The smallest absolute Gasteiger partial charge is 0.267 e. The highest BCUT2D eigenvalue weighted by Crippen LogP contribution is 2.34. The van der Waals surface area contributed by atoms with Crippen LogP contribution in [0.2, 0.25) is 0 Å². The van der Waals surface area contributed by atoms with Crippen LogP contribution in [0.1, 0.15) is 32.6 Å². The first-order chi connectivity index (χ1) is 7.24. The highest BCUT2D eigenvalue weighted by Gasteiger charge is 2.21. The minimum absolute atomic E-state index is 0.161. The molecule has 0 aliphatic heterocycles. The molecule has 0 amide bonds. The molecule has 0 radical (unpaired) electrons. The van der Waals surface area contributed by atoms with Crippen molar-refractivity contribution >= 4 is 0 Å². The summed E-state index contributed by atoms with van der Waals surface area (Å²) in [7, 11) is 0. The van der Waals surface area contributed by atoms with E-state index in [1.54, 1.807) is 0 Å². The topological polar surface area (TPSA) is 55.0 Å². The first-order valence-corrected chi connectivity index (χ1v) is 5.45. The van der Waals surface area contributed by atoms with Gasteiger partial charge in [-0.2, -0.15) is 5.10 Å². The van der Waals surface area contributed by atoms with Crippen LogP contribution in [0.5, 0.6) is 5.75 Å². The number of aromatic nitrogens is 2. The molecule has 0 saturated heterocycles. The molecule has 2 rings (SSSR count). The predicted octanol–water partition coefficient (Wildman–Crippen LogP) is 1.73. The molecule has 15 heavy (non-hydrogen) atoms. The summed E-state index contributed by atoms with van der Waals surface area (Å²) in [4.78, 5) is 10.9. The van der Waals surface area contributed by atoms with Gasteiger partial charge in [-0.1, -0.05) is 12.8 Å². The van der Waals surface area contributed by atoms with Crippen LogP contribution >= 0.6 is 0 Å². The molecule has 82 valence electrons. The molecule has 1 aliphatic carbocycles. The van der Waals surface area contributed by atoms with Crippen LogP contribution in [-0.2, 0) is 0 Å². The van der Waals surface area contributed by atoms with Gasteiger partial charge in [0.2, 0.25) is 0 Å². The van der Waals surface area contributed by atoms with Crippen LogP contribution in [0.3, 0.4) is 0 Å². The molecule has 1 saturated carbocycles. The average Bonchev–Trinajstić information content (AvgIpc) is 2.98. The molecule has 1 aliphatic rings. The van der Waals surface area contributed by atoms with E-state index in [0.29, 0.717) is 5.75 Å². The number of aromatic amines is 1. The molecule has 0 bridgehead atoms. The molecule has 1 aromatic rings. The lowest BCUT2D eigenvalue weighted by molar-refractivity contribution is 0.204. The molecule has 0 aromatic carbocycles. The maximum Gasteiger partial charge on any atom is 0.267 e. The summed E-state index contributed by atoms with van der Waals surface area (Å²) in [5.41, 5.74) is -0.220. The van der Waals surface area contributed by atoms with Gasteiger partial charge in [-0.3, -0.25) is 4.79 Å². The van der Waals surface area contributed by atoms with E-state index in [1.165, 1.54) is 31.5 Å². The van der Waals surface area contributed by atoms with E-state index in [1.807, 2.05) is 6.92 Å². The van der Waals surface area contributed by atoms with Crippen molar-refractivity contribution in [1.82, 2.24) is 10.2 Å². The van der Waals surface area contributed by atoms with Gasteiger partial charge in [-0.25, -0.2) is 5.10 Å². The molecular weight excluding hydrogens is 192 g/mol. The van der Waals surface area contributed by atoms with E-state index >= 15 is 0 Å². The highest BCUT2D eigenvalue weighted by molar-refractivity contribution is 5.13. The van der Waals surface area contributed by atoms with Crippen molar-refractivity contribution in [2.75, 3.05) is 0 Å². The maximum absolute atomic E-state index is 10.9. The Labute approximate surface area is 88.7 Å². The van der Waals surface area contributed by atoms with Crippen molar-refractivity contribution < 1.29 is 4.74 Å². The summed E-state index contributed by atoms with van der Waals surface area (Å²) in [5, 5.41) is 6.00. The predicted molar refractivity (Wildman–Crippen MR) is 56.9 cm³/mol. The van der Waals surface area contributed by atoms with Crippen LogP contribution in [0, 0.1) is 5.92 Å². The molecule has 1 unspecified atom stereocenters. The number of nitrogens with zero attached hydrogens (tertiary/aromatic N) is 1. The van der Waals surface area contributed by atoms with Gasteiger partial charge in [0, 0.05) is 6.07 Å². The average molecular weight is 208 g/mol. The van der Waals surface area contributed by atoms with E-state index in [9.17, 15) is 4.79 Å². The lowest BCUT2D eigenvalue weighted by atomic mass is 10.1. The lowest BCUT2D eigenvalue weighted by Crippen LogP contribution is -2.14. The van der Waals surface area contributed by atoms with Gasteiger partial charge in [-0.15, -0.1) is 0 Å². The molecule has 4 heteroatoms. The van der Waals surface area contributed by atoms with Crippen LogP contribution < -0.4 is 10.3 Å². The number of nitrogens with one attached hydrogen (secondary N) is 1. The largest absolute Gasteiger partial charge is 0.489 e. The Kier molecular flexibility index (Phi) is 3.04. The minimum atomic E-state index is -0.220. The van der Waals surface area contributed by atoms with Crippen molar-refractivity contribution in [3.63, 3.8) is 0 Å². The third-order valence-electron chi connectivity index (χ3n) is 2.66. The Morgan fingerprint density at radius 3 is 3.13 bits per heavy atom. The molecule has 1 heterocycles. The molecule has 1 atom stereocenters. The zero-order valence-electron chi connectivity index (χ0n) is 8.90. The van der Waals surface area contributed by atoms with Gasteiger partial charge in [0.15, 0.2) is 0 Å². The lowest BCUT2D eigenvalue weighted by Gasteiger charge is -2.13. The van der Waals surface area contributed by atoms with E-state index < -0.39 is 0 Å². The number of hydrogen-bond acceptors (Lipinski definition) is 3. The molecule has 1 fully saturated rings. The van der Waals surface area contributed by atoms with Gasteiger partial charge >= 0.3 is 0 Å². The Morgan fingerprint density at radius 2 is 2.47 bits per heavy atom. The summed E-state index contributed by atoms with van der Waals surface area (Å²) in [5.74, 6) is 1.48. The normalized spacial score (nSPS) is 17.4. The van der Waals surface area contributed by atoms with Crippen molar-refractivity contribution in [2.24, 2.45) is 5.92 Å². The summed E-state index contributed by atoms with van der Waals surface area (Å²) in [6.07, 6.45) is 6.73. The fourth-order valence-corrected chi connectivity index (χ4v) is 1.59. The van der Waals surface area contributed by atoms with Crippen LogP contribution in [0.15, 0.2) is 17.1 Å². The second kappa shape index (κ2) is 4.47. The Bertz CT molecular complexity index is 371. The first-order valence-electron chi connectivity index (χ1n) is 5.45. The Hall–Kier alpha value is -1.32. The number of H-pyrrole nitrogens is 1. The van der Waals surface area contributed by atoms with Crippen molar-refractivity contribution in [2.45, 2.75) is 38.7 Å². The zero-order chi connectivity index (χ0) is 10.7. The van der Waals surface area contributed by atoms with Gasteiger partial charge in [0.05, 0.1) is 12.3 Å². The summed E-state index contributed by atoms with van der Waals surface area (Å²) < 4.78 is 5.59. The molecular formula is C11H16N2O2. The summed E-state index contributed by atoms with van der Waals surface area (Å²) in [6, 6.07) is 1.43. The quantitative estimate of drug-likeness (QED) is 0.801. The van der Waals surface area contributed by atoms with Crippen molar-refractivity contribution in [1.29, 1.82) is 0 Å². The molecule has 4 nitrogen and oxygen atoms in total. The molecule has 1 aromatic heterocycles. The van der Waals surface area contributed by atoms with E-state index in [4.69, 9.17) is 4.74 Å². The molecule has 0 spiro atoms. The monoisotopic (exact) mass is 208 g/mol. The standard InChI is InChI=1S/C11H16N2O2/c1-8(2-3-9-4-5-9)15-10-6-11(14)13-12-7-10/h6-9H,2-5H2,1H3,(H,13,14). The number of rotatable bonds is 5. The van der Waals surface area contributed by atoms with E-state index in [2.05, 4.69) is 10.2 Å². The van der Waals surface area contributed by atoms with Gasteiger partial charge < -0.3 is 4.74 Å². The zero-order valence-corrected chi connectivity index (χ0v) is 8.90. The fourth-order valence-electron chi connectivity index (χ4n) is 1.59. The first kappa shape index (κ1) is 10.2. The van der Waals surface area contributed by atoms with E-state index in [0.717, 1.165) is 12.3 Å². The Balaban J connectivity index is 1.81. The van der Waals surface area contributed by atoms with Gasteiger partial charge in [-0.05, 0) is 25.7 Å². The Morgan fingerprint density at radius 1 is 1.67 bits per heavy atom. The van der Waals surface area contributed by atoms with Crippen molar-refractivity contribution in [3.8, 4) is 5.75 Å². The van der Waals surface area contributed by atoms with Crippen LogP contribution in [0.4, 0.5) is 0 Å². The second-order valence-corrected chi connectivity index (χ2v) is 4.23. The van der Waals surface area contributed by atoms with Crippen LogP contribution in [0.25, 0.3) is 0 Å². The van der Waals surface area contributed by atoms with Gasteiger partial charge in [0.1, 0.15) is 5.75 Å². The summed E-state index contributed by atoms with van der Waals surface area (Å²) in [6.45, 7) is 2.03. The van der Waals surface area contributed by atoms with E-state index in [-0.39, 0.29) is 11.7 Å². The third kappa shape index (κ3) is 3.38. The third-order valence-corrected chi connectivity index (χ3v) is 2.66. The minimum Gasteiger partial charge on any atom is -0.489 e. The fraction of sp³-hybridized carbons (Fsp3) is 0.636. The second-order valence-electron chi connectivity index (χ2n) is 4.23. The summed E-state index contributed by atoms with van der Waals surface area (Å²) >= 11 is 0. The number of hydrogen-bond donors (Lipinski definition) is 1. The van der Waals surface area contributed by atoms with Gasteiger partial charge in [0.25, 0.3) is 5.56 Å². The van der Waals surface area contributed by atoms with Crippen molar-refractivity contribution in [3.05, 3.63) is 22.6 Å². The maximum atomic E-state index is 10.9. The SMILES string of the molecule is CC(CCC1CC1)Oc1cn[nH]c(=O)c1.